The Balaban J connectivity index is 2.94. The van der Waals surface area contributed by atoms with E-state index in [2.05, 4.69) is 23.7 Å². The number of carbonyl (C=O) groups is 1. The van der Waals surface area contributed by atoms with E-state index in [4.69, 9.17) is 0 Å². The first-order valence-electron chi connectivity index (χ1n) is 8.01. The smallest absolute Gasteiger partial charge is 0.261 e. The first kappa shape index (κ1) is 19.0. The summed E-state index contributed by atoms with van der Waals surface area (Å²) in [7, 11) is 0. The van der Waals surface area contributed by atoms with Gasteiger partial charge in [-0.25, -0.2) is 0 Å². The van der Waals surface area contributed by atoms with E-state index < -0.39 is 12.0 Å². The molecule has 1 aromatic heterocycles. The van der Waals surface area contributed by atoms with Gasteiger partial charge in [0.1, 0.15) is 11.6 Å². The lowest BCUT2D eigenvalue weighted by molar-refractivity contribution is -0.117. The van der Waals surface area contributed by atoms with Gasteiger partial charge in [0.15, 0.2) is 0 Å². The van der Waals surface area contributed by atoms with Crippen molar-refractivity contribution < 1.29 is 9.90 Å². The molecule has 1 atom stereocenters. The Labute approximate surface area is 138 Å². The molecule has 0 bridgehead atoms. The highest BCUT2D eigenvalue weighted by molar-refractivity contribution is 6.01. The summed E-state index contributed by atoms with van der Waals surface area (Å²) in [6, 6.07) is 3.96. The van der Waals surface area contributed by atoms with Crippen molar-refractivity contribution in [2.45, 2.75) is 53.7 Å². The topological polar surface area (TPSA) is 78.1 Å². The molecule has 1 heterocycles. The monoisotopic (exact) mass is 317 g/mol. The lowest BCUT2D eigenvalue weighted by Crippen LogP contribution is -2.27. The van der Waals surface area contributed by atoms with Crippen LogP contribution in [0.2, 0.25) is 0 Å². The van der Waals surface area contributed by atoms with Crippen molar-refractivity contribution >= 4 is 12.0 Å². The second-order valence-corrected chi connectivity index (χ2v) is 6.39. The van der Waals surface area contributed by atoms with E-state index in [0.717, 1.165) is 23.5 Å². The predicted molar refractivity (Wildman–Crippen MR) is 91.6 cm³/mol. The maximum Gasteiger partial charge on any atom is 0.261 e. The van der Waals surface area contributed by atoms with Gasteiger partial charge in [-0.1, -0.05) is 13.8 Å². The fraction of sp³-hybridized carbons (Fsp3) is 0.556. The van der Waals surface area contributed by atoms with Crippen LogP contribution in [0.5, 0.6) is 0 Å². The van der Waals surface area contributed by atoms with Crippen LogP contribution in [0.1, 0.15) is 44.1 Å². The molecule has 0 aliphatic heterocycles. The molecule has 1 aromatic rings. The highest BCUT2D eigenvalue weighted by atomic mass is 16.3. The zero-order valence-electron chi connectivity index (χ0n) is 14.7. The second kappa shape index (κ2) is 8.54. The fourth-order valence-corrected chi connectivity index (χ4v) is 2.41. The van der Waals surface area contributed by atoms with Gasteiger partial charge in [-0.3, -0.25) is 4.79 Å². The quantitative estimate of drug-likeness (QED) is 0.599. The molecule has 0 aliphatic rings. The molecule has 5 nitrogen and oxygen atoms in total. The van der Waals surface area contributed by atoms with Crippen molar-refractivity contribution in [1.82, 2.24) is 9.88 Å². The number of nitrogens with zero attached hydrogens (tertiary/aromatic N) is 2. The molecule has 126 valence electrons. The van der Waals surface area contributed by atoms with Gasteiger partial charge in [-0.15, -0.1) is 0 Å². The van der Waals surface area contributed by atoms with Crippen molar-refractivity contribution in [2.75, 3.05) is 6.54 Å². The number of nitrogens with one attached hydrogen (secondary N) is 1. The molecule has 0 spiro atoms. The van der Waals surface area contributed by atoms with Crippen LogP contribution in [0.4, 0.5) is 0 Å². The second-order valence-electron chi connectivity index (χ2n) is 6.39. The molecule has 0 saturated heterocycles. The Morgan fingerprint density at radius 1 is 1.43 bits per heavy atom. The molecule has 0 aromatic carbocycles. The van der Waals surface area contributed by atoms with E-state index in [1.54, 1.807) is 13.0 Å². The lowest BCUT2D eigenvalue weighted by Gasteiger charge is -2.12. The number of aromatic nitrogens is 1. The van der Waals surface area contributed by atoms with Crippen molar-refractivity contribution in [3.05, 3.63) is 28.6 Å². The van der Waals surface area contributed by atoms with E-state index in [-0.39, 0.29) is 5.57 Å². The van der Waals surface area contributed by atoms with Gasteiger partial charge in [0.25, 0.3) is 5.91 Å². The summed E-state index contributed by atoms with van der Waals surface area (Å²) in [6.45, 7) is 11.3. The highest BCUT2D eigenvalue weighted by Gasteiger charge is 2.13. The maximum atomic E-state index is 12.1. The molecule has 0 saturated carbocycles. The largest absolute Gasteiger partial charge is 0.393 e. The number of amides is 1. The number of hydrogen-bond donors (Lipinski definition) is 2. The van der Waals surface area contributed by atoms with Gasteiger partial charge in [0, 0.05) is 24.5 Å². The molecule has 1 rings (SSSR count). The Morgan fingerprint density at radius 3 is 2.61 bits per heavy atom. The van der Waals surface area contributed by atoms with E-state index in [9.17, 15) is 15.2 Å². The van der Waals surface area contributed by atoms with Gasteiger partial charge < -0.3 is 15.0 Å². The van der Waals surface area contributed by atoms with Crippen LogP contribution in [-0.4, -0.2) is 28.2 Å². The number of carbonyl (C=O) groups excluding carboxylic acids is 1. The third kappa shape index (κ3) is 5.57. The van der Waals surface area contributed by atoms with Gasteiger partial charge in [0.2, 0.25) is 0 Å². The molecule has 0 radical (unpaired) electrons. The number of hydrogen-bond acceptors (Lipinski definition) is 3. The Bertz CT molecular complexity index is 619. The highest BCUT2D eigenvalue weighted by Crippen LogP contribution is 2.19. The summed E-state index contributed by atoms with van der Waals surface area (Å²) in [6.07, 6.45) is 1.63. The molecule has 1 amide bonds. The van der Waals surface area contributed by atoms with Gasteiger partial charge >= 0.3 is 0 Å². The van der Waals surface area contributed by atoms with Gasteiger partial charge in [0.05, 0.1) is 6.10 Å². The van der Waals surface area contributed by atoms with Crippen LogP contribution in [0.25, 0.3) is 6.08 Å². The van der Waals surface area contributed by atoms with Crippen LogP contribution in [0, 0.1) is 31.1 Å². The summed E-state index contributed by atoms with van der Waals surface area (Å²) < 4.78 is 2.21. The third-order valence-electron chi connectivity index (χ3n) is 3.67. The minimum absolute atomic E-state index is 0.0837. The van der Waals surface area contributed by atoms with Crippen LogP contribution < -0.4 is 5.32 Å². The van der Waals surface area contributed by atoms with Crippen molar-refractivity contribution in [2.24, 2.45) is 5.92 Å². The number of nitriles is 1. The van der Waals surface area contributed by atoms with E-state index in [1.165, 1.54) is 0 Å². The summed E-state index contributed by atoms with van der Waals surface area (Å²) in [5.41, 5.74) is 3.15. The summed E-state index contributed by atoms with van der Waals surface area (Å²) in [5.74, 6) is 0.123. The zero-order chi connectivity index (χ0) is 17.6. The SMILES string of the molecule is Cc1cc(/C=C(/C#N)C(=O)NCCC(C)O)c(C)n1CC(C)C. The Kier molecular flexibility index (Phi) is 7.05. The van der Waals surface area contributed by atoms with Crippen molar-refractivity contribution in [1.29, 1.82) is 5.26 Å². The summed E-state index contributed by atoms with van der Waals surface area (Å²) in [5, 5.41) is 21.1. The minimum atomic E-state index is -0.472. The first-order valence-corrected chi connectivity index (χ1v) is 8.01. The minimum Gasteiger partial charge on any atom is -0.393 e. The number of aryl methyl sites for hydroxylation is 1. The summed E-state index contributed by atoms with van der Waals surface area (Å²) >= 11 is 0. The van der Waals surface area contributed by atoms with Crippen LogP contribution in [0.3, 0.4) is 0 Å². The standard InChI is InChI=1S/C18H27N3O2/c1-12(2)11-21-13(3)8-16(15(21)5)9-17(10-19)18(23)20-7-6-14(4)22/h8-9,12,14,22H,6-7,11H2,1-5H3,(H,20,23)/b17-9-. The fourth-order valence-electron chi connectivity index (χ4n) is 2.41. The lowest BCUT2D eigenvalue weighted by atomic mass is 10.1. The van der Waals surface area contributed by atoms with E-state index >= 15 is 0 Å². The predicted octanol–water partition coefficient (Wildman–Crippen LogP) is 2.56. The Hall–Kier alpha value is -2.06. The number of aliphatic hydroxyl groups is 1. The first-order chi connectivity index (χ1) is 10.8. The molecule has 2 N–H and O–H groups in total. The normalized spacial score (nSPS) is 13.0. The van der Waals surface area contributed by atoms with Crippen LogP contribution in [0.15, 0.2) is 11.6 Å². The molecule has 5 heteroatoms. The van der Waals surface area contributed by atoms with E-state index in [1.807, 2.05) is 26.0 Å². The molecule has 1 unspecified atom stereocenters. The van der Waals surface area contributed by atoms with Crippen LogP contribution >= 0.6 is 0 Å². The Morgan fingerprint density at radius 2 is 2.09 bits per heavy atom. The van der Waals surface area contributed by atoms with Crippen molar-refractivity contribution in [3.63, 3.8) is 0 Å². The van der Waals surface area contributed by atoms with Crippen molar-refractivity contribution in [3.8, 4) is 6.07 Å². The summed E-state index contributed by atoms with van der Waals surface area (Å²) in [4.78, 5) is 12.1. The van der Waals surface area contributed by atoms with Gasteiger partial charge in [-0.2, -0.15) is 5.26 Å². The molecular formula is C18H27N3O2. The van der Waals surface area contributed by atoms with Crippen LogP contribution in [-0.2, 0) is 11.3 Å². The van der Waals surface area contributed by atoms with Gasteiger partial charge in [-0.05, 0) is 50.8 Å². The number of rotatable bonds is 7. The molecule has 0 aliphatic carbocycles. The number of aliphatic hydroxyl groups excluding tert-OH is 1. The maximum absolute atomic E-state index is 12.1. The molecule has 0 fully saturated rings. The average Bonchev–Trinajstić information content (AvgIpc) is 2.71. The zero-order valence-corrected chi connectivity index (χ0v) is 14.7. The van der Waals surface area contributed by atoms with E-state index in [0.29, 0.717) is 18.9 Å². The third-order valence-corrected chi connectivity index (χ3v) is 3.67. The molecular weight excluding hydrogens is 290 g/mol. The average molecular weight is 317 g/mol. The molecule has 23 heavy (non-hydrogen) atoms.